The summed E-state index contributed by atoms with van der Waals surface area (Å²) in [5.74, 6) is 0. The molecule has 2 rings (SSSR count). The Kier molecular flexibility index (Phi) is 3.27. The Morgan fingerprint density at radius 1 is 0.941 bits per heavy atom. The van der Waals surface area contributed by atoms with E-state index in [4.69, 9.17) is 5.73 Å². The van der Waals surface area contributed by atoms with E-state index in [9.17, 15) is 5.11 Å². The van der Waals surface area contributed by atoms with Gasteiger partial charge in [0, 0.05) is 0 Å². The zero-order chi connectivity index (χ0) is 12.3. The molecule has 0 amide bonds. The highest BCUT2D eigenvalue weighted by atomic mass is 16.3. The van der Waals surface area contributed by atoms with E-state index in [1.54, 1.807) is 6.92 Å². The number of hydrogen-bond acceptors (Lipinski definition) is 2. The van der Waals surface area contributed by atoms with E-state index < -0.39 is 11.6 Å². The molecule has 0 unspecified atom stereocenters. The molecule has 2 nitrogen and oxygen atoms in total. The molecular formula is C15H17NO. The lowest BCUT2D eigenvalue weighted by Crippen LogP contribution is -2.35. The Hall–Kier alpha value is -1.64. The van der Waals surface area contributed by atoms with Crippen molar-refractivity contribution >= 4 is 0 Å². The van der Waals surface area contributed by atoms with Crippen LogP contribution in [0.25, 0.3) is 0 Å². The number of aliphatic hydroxyl groups is 1. The predicted octanol–water partition coefficient (Wildman–Crippen LogP) is 2.59. The first-order chi connectivity index (χ1) is 8.12. The lowest BCUT2D eigenvalue weighted by atomic mass is 9.85. The molecule has 0 heterocycles. The summed E-state index contributed by atoms with van der Waals surface area (Å²) < 4.78 is 0. The highest BCUT2D eigenvalue weighted by molar-refractivity contribution is 5.29. The highest BCUT2D eigenvalue weighted by Crippen LogP contribution is 2.32. The lowest BCUT2D eigenvalue weighted by Gasteiger charge is -2.31. The standard InChI is InChI=1S/C15H17NO/c1-15(17,13-10-6-3-7-11-13)14(16)12-8-4-2-5-9-12/h2-11,14,17H,16H2,1H3/t14-,15+/m1/s1. The third-order valence-electron chi connectivity index (χ3n) is 3.12. The van der Waals surface area contributed by atoms with Gasteiger partial charge in [0.25, 0.3) is 0 Å². The zero-order valence-electron chi connectivity index (χ0n) is 9.88. The highest BCUT2D eigenvalue weighted by Gasteiger charge is 2.31. The minimum absolute atomic E-state index is 0.439. The first kappa shape index (κ1) is 11.8. The second-order valence-corrected chi connectivity index (χ2v) is 4.40. The molecule has 0 aliphatic heterocycles. The monoisotopic (exact) mass is 227 g/mol. The van der Waals surface area contributed by atoms with Gasteiger partial charge in [0.1, 0.15) is 5.60 Å². The predicted molar refractivity (Wildman–Crippen MR) is 69.4 cm³/mol. The molecule has 2 aromatic rings. The summed E-state index contributed by atoms with van der Waals surface area (Å²) in [4.78, 5) is 0. The third kappa shape index (κ3) is 2.38. The number of nitrogens with two attached hydrogens (primary N) is 1. The molecule has 2 atom stereocenters. The third-order valence-corrected chi connectivity index (χ3v) is 3.12. The van der Waals surface area contributed by atoms with Gasteiger partial charge in [-0.15, -0.1) is 0 Å². The van der Waals surface area contributed by atoms with Crippen molar-refractivity contribution in [3.05, 3.63) is 71.8 Å². The molecule has 88 valence electrons. The maximum Gasteiger partial charge on any atom is 0.106 e. The van der Waals surface area contributed by atoms with Crippen LogP contribution in [-0.4, -0.2) is 5.11 Å². The van der Waals surface area contributed by atoms with E-state index in [0.29, 0.717) is 0 Å². The van der Waals surface area contributed by atoms with Gasteiger partial charge in [-0.1, -0.05) is 60.7 Å². The quantitative estimate of drug-likeness (QED) is 0.846. The average molecular weight is 227 g/mol. The number of rotatable bonds is 3. The molecule has 0 saturated carbocycles. The summed E-state index contributed by atoms with van der Waals surface area (Å²) in [6.07, 6.45) is 0. The van der Waals surface area contributed by atoms with Crippen LogP contribution in [0.3, 0.4) is 0 Å². The zero-order valence-corrected chi connectivity index (χ0v) is 9.88. The van der Waals surface area contributed by atoms with Gasteiger partial charge in [-0.2, -0.15) is 0 Å². The molecule has 0 spiro atoms. The van der Waals surface area contributed by atoms with Crippen LogP contribution in [0.4, 0.5) is 0 Å². The van der Waals surface area contributed by atoms with Crippen molar-refractivity contribution in [2.45, 2.75) is 18.6 Å². The topological polar surface area (TPSA) is 46.2 Å². The largest absolute Gasteiger partial charge is 0.383 e. The van der Waals surface area contributed by atoms with E-state index in [-0.39, 0.29) is 0 Å². The molecule has 3 N–H and O–H groups in total. The summed E-state index contributed by atoms with van der Waals surface area (Å²) in [7, 11) is 0. The SMILES string of the molecule is C[C@](O)(c1ccccc1)[C@H](N)c1ccccc1. The van der Waals surface area contributed by atoms with Gasteiger partial charge in [-0.3, -0.25) is 0 Å². The van der Waals surface area contributed by atoms with Crippen molar-refractivity contribution in [3.63, 3.8) is 0 Å². The Morgan fingerprint density at radius 2 is 1.41 bits per heavy atom. The van der Waals surface area contributed by atoms with Crippen LogP contribution in [0.5, 0.6) is 0 Å². The van der Waals surface area contributed by atoms with E-state index in [1.807, 2.05) is 60.7 Å². The van der Waals surface area contributed by atoms with Crippen LogP contribution in [0.2, 0.25) is 0 Å². The Balaban J connectivity index is 2.33. The maximum absolute atomic E-state index is 10.6. The van der Waals surface area contributed by atoms with Gasteiger partial charge in [-0.05, 0) is 18.1 Å². The minimum Gasteiger partial charge on any atom is -0.383 e. The first-order valence-electron chi connectivity index (χ1n) is 5.71. The second-order valence-electron chi connectivity index (χ2n) is 4.40. The van der Waals surface area contributed by atoms with E-state index >= 15 is 0 Å². The van der Waals surface area contributed by atoms with Crippen molar-refractivity contribution in [1.29, 1.82) is 0 Å². The fourth-order valence-electron chi connectivity index (χ4n) is 1.94. The van der Waals surface area contributed by atoms with Crippen LogP contribution in [0, 0.1) is 0 Å². The molecule has 0 bridgehead atoms. The van der Waals surface area contributed by atoms with Crippen LogP contribution in [-0.2, 0) is 5.60 Å². The van der Waals surface area contributed by atoms with Crippen molar-refractivity contribution in [3.8, 4) is 0 Å². The Morgan fingerprint density at radius 3 is 1.94 bits per heavy atom. The number of benzene rings is 2. The van der Waals surface area contributed by atoms with E-state index in [2.05, 4.69) is 0 Å². The first-order valence-corrected chi connectivity index (χ1v) is 5.71. The van der Waals surface area contributed by atoms with Crippen LogP contribution >= 0.6 is 0 Å². The van der Waals surface area contributed by atoms with Crippen molar-refractivity contribution in [1.82, 2.24) is 0 Å². The van der Waals surface area contributed by atoms with E-state index in [1.165, 1.54) is 0 Å². The summed E-state index contributed by atoms with van der Waals surface area (Å²) in [5.41, 5.74) is 6.85. The molecule has 0 aliphatic rings. The Labute approximate surface area is 102 Å². The fourth-order valence-corrected chi connectivity index (χ4v) is 1.94. The fraction of sp³-hybridized carbons (Fsp3) is 0.200. The molecule has 2 heteroatoms. The van der Waals surface area contributed by atoms with Crippen LogP contribution in [0.1, 0.15) is 24.1 Å². The minimum atomic E-state index is -1.07. The molecule has 0 fully saturated rings. The normalized spacial score (nSPS) is 16.2. The smallest absolute Gasteiger partial charge is 0.106 e. The van der Waals surface area contributed by atoms with Gasteiger partial charge >= 0.3 is 0 Å². The summed E-state index contributed by atoms with van der Waals surface area (Å²) in [5, 5.41) is 10.6. The molecule has 0 saturated heterocycles. The maximum atomic E-state index is 10.6. The summed E-state index contributed by atoms with van der Waals surface area (Å²) >= 11 is 0. The van der Waals surface area contributed by atoms with Gasteiger partial charge in [-0.25, -0.2) is 0 Å². The number of hydrogen-bond donors (Lipinski definition) is 2. The average Bonchev–Trinajstić information content (AvgIpc) is 2.40. The van der Waals surface area contributed by atoms with Crippen molar-refractivity contribution in [2.75, 3.05) is 0 Å². The van der Waals surface area contributed by atoms with Crippen molar-refractivity contribution < 1.29 is 5.11 Å². The molecular weight excluding hydrogens is 210 g/mol. The van der Waals surface area contributed by atoms with Gasteiger partial charge in [0.15, 0.2) is 0 Å². The van der Waals surface area contributed by atoms with Gasteiger partial charge in [0.2, 0.25) is 0 Å². The lowest BCUT2D eigenvalue weighted by molar-refractivity contribution is 0.0282. The van der Waals surface area contributed by atoms with Crippen LogP contribution < -0.4 is 5.73 Å². The summed E-state index contributed by atoms with van der Waals surface area (Å²) in [6.45, 7) is 1.75. The van der Waals surface area contributed by atoms with E-state index in [0.717, 1.165) is 11.1 Å². The molecule has 2 aromatic carbocycles. The van der Waals surface area contributed by atoms with Gasteiger partial charge in [0.05, 0.1) is 6.04 Å². The van der Waals surface area contributed by atoms with Crippen LogP contribution in [0.15, 0.2) is 60.7 Å². The molecule has 0 radical (unpaired) electrons. The Bertz CT molecular complexity index is 465. The molecule has 0 aromatic heterocycles. The van der Waals surface area contributed by atoms with Gasteiger partial charge < -0.3 is 10.8 Å². The summed E-state index contributed by atoms with van der Waals surface area (Å²) in [6, 6.07) is 18.7. The molecule has 17 heavy (non-hydrogen) atoms. The second kappa shape index (κ2) is 4.70. The van der Waals surface area contributed by atoms with Crippen molar-refractivity contribution in [2.24, 2.45) is 5.73 Å². The molecule has 0 aliphatic carbocycles.